The molecular weight excluding hydrogens is 164 g/mol. The average Bonchev–Trinajstić information content (AvgIpc) is 2.19. The van der Waals surface area contributed by atoms with Crippen molar-refractivity contribution in [2.45, 2.75) is 12.8 Å². The molecule has 2 nitrogen and oxygen atoms in total. The molecule has 2 heteroatoms. The number of rotatable bonds is 5. The van der Waals surface area contributed by atoms with Crippen LogP contribution in [-0.2, 0) is 9.53 Å². The zero-order valence-electron chi connectivity index (χ0n) is 7.77. The molecule has 0 saturated heterocycles. The number of carbonyl (C=O) groups excluding carboxylic acids is 1. The van der Waals surface area contributed by atoms with Gasteiger partial charge in [0.2, 0.25) is 0 Å². The lowest BCUT2D eigenvalue weighted by Crippen LogP contribution is -2.05. The molecule has 1 aromatic rings. The minimum Gasteiger partial charge on any atom is -0.373 e. The Labute approximate surface area is 78.5 Å². The van der Waals surface area contributed by atoms with Gasteiger partial charge in [-0.3, -0.25) is 0 Å². The highest BCUT2D eigenvalue weighted by atomic mass is 16.5. The molecule has 0 amide bonds. The molecule has 0 aliphatic heterocycles. The SMILES string of the molecule is CC(COCC=O)c1ccccc1. The van der Waals surface area contributed by atoms with Gasteiger partial charge in [-0.1, -0.05) is 37.3 Å². The van der Waals surface area contributed by atoms with Gasteiger partial charge in [0.25, 0.3) is 0 Å². The van der Waals surface area contributed by atoms with Crippen molar-refractivity contribution >= 4 is 6.29 Å². The lowest BCUT2D eigenvalue weighted by molar-refractivity contribution is -0.111. The minimum atomic E-state index is 0.192. The Balaban J connectivity index is 2.39. The maximum Gasteiger partial charge on any atom is 0.145 e. The van der Waals surface area contributed by atoms with E-state index in [1.54, 1.807) is 0 Å². The van der Waals surface area contributed by atoms with Gasteiger partial charge in [0, 0.05) is 5.92 Å². The Kier molecular flexibility index (Phi) is 4.19. The van der Waals surface area contributed by atoms with Crippen molar-refractivity contribution in [1.82, 2.24) is 0 Å². The predicted molar refractivity (Wildman–Crippen MR) is 51.7 cm³/mol. The molecule has 0 aliphatic carbocycles. The predicted octanol–water partition coefficient (Wildman–Crippen LogP) is 2.01. The smallest absolute Gasteiger partial charge is 0.145 e. The van der Waals surface area contributed by atoms with E-state index in [0.29, 0.717) is 12.5 Å². The fourth-order valence-electron chi connectivity index (χ4n) is 1.17. The summed E-state index contributed by atoms with van der Waals surface area (Å²) in [6, 6.07) is 10.1. The van der Waals surface area contributed by atoms with E-state index < -0.39 is 0 Å². The van der Waals surface area contributed by atoms with Gasteiger partial charge in [-0.15, -0.1) is 0 Å². The second kappa shape index (κ2) is 5.49. The van der Waals surface area contributed by atoms with Crippen LogP contribution in [0.3, 0.4) is 0 Å². The summed E-state index contributed by atoms with van der Waals surface area (Å²) < 4.78 is 5.13. The van der Waals surface area contributed by atoms with Gasteiger partial charge in [-0.2, -0.15) is 0 Å². The molecular formula is C11H14O2. The third kappa shape index (κ3) is 3.38. The lowest BCUT2D eigenvalue weighted by atomic mass is 10.0. The summed E-state index contributed by atoms with van der Waals surface area (Å²) in [7, 11) is 0. The fourth-order valence-corrected chi connectivity index (χ4v) is 1.17. The van der Waals surface area contributed by atoms with Crippen molar-refractivity contribution in [3.05, 3.63) is 35.9 Å². The summed E-state index contributed by atoms with van der Waals surface area (Å²) in [4.78, 5) is 10.00. The van der Waals surface area contributed by atoms with E-state index in [1.165, 1.54) is 5.56 Å². The second-order valence-corrected chi connectivity index (χ2v) is 3.02. The van der Waals surface area contributed by atoms with Crippen molar-refractivity contribution in [3.8, 4) is 0 Å². The second-order valence-electron chi connectivity index (χ2n) is 3.02. The van der Waals surface area contributed by atoms with Crippen molar-refractivity contribution in [3.63, 3.8) is 0 Å². The molecule has 1 atom stereocenters. The molecule has 1 rings (SSSR count). The number of ether oxygens (including phenoxy) is 1. The van der Waals surface area contributed by atoms with Gasteiger partial charge < -0.3 is 9.53 Å². The number of carbonyl (C=O) groups is 1. The fraction of sp³-hybridized carbons (Fsp3) is 0.364. The number of benzene rings is 1. The van der Waals surface area contributed by atoms with Crippen LogP contribution in [0, 0.1) is 0 Å². The summed E-state index contributed by atoms with van der Waals surface area (Å²) in [6.45, 7) is 2.88. The van der Waals surface area contributed by atoms with Gasteiger partial charge in [0.15, 0.2) is 0 Å². The zero-order chi connectivity index (χ0) is 9.52. The summed E-state index contributed by atoms with van der Waals surface area (Å²) in [5.74, 6) is 0.348. The van der Waals surface area contributed by atoms with Crippen LogP contribution < -0.4 is 0 Å². The molecule has 0 saturated carbocycles. The monoisotopic (exact) mass is 178 g/mol. The van der Waals surface area contributed by atoms with Crippen molar-refractivity contribution in [2.24, 2.45) is 0 Å². The molecule has 1 unspecified atom stereocenters. The van der Waals surface area contributed by atoms with Crippen LogP contribution >= 0.6 is 0 Å². The van der Waals surface area contributed by atoms with Crippen LogP contribution in [0.4, 0.5) is 0 Å². The van der Waals surface area contributed by atoms with Crippen LogP contribution in [-0.4, -0.2) is 19.5 Å². The van der Waals surface area contributed by atoms with E-state index >= 15 is 0 Å². The van der Waals surface area contributed by atoms with Crippen LogP contribution in [0.1, 0.15) is 18.4 Å². The molecule has 13 heavy (non-hydrogen) atoms. The van der Waals surface area contributed by atoms with Gasteiger partial charge in [0.05, 0.1) is 6.61 Å². The molecule has 0 bridgehead atoms. The van der Waals surface area contributed by atoms with Crippen molar-refractivity contribution in [2.75, 3.05) is 13.2 Å². The third-order valence-corrected chi connectivity index (χ3v) is 1.92. The van der Waals surface area contributed by atoms with E-state index in [1.807, 2.05) is 18.2 Å². The first-order valence-corrected chi connectivity index (χ1v) is 4.41. The normalized spacial score (nSPS) is 12.4. The standard InChI is InChI=1S/C11H14O2/c1-10(9-13-8-7-12)11-5-3-2-4-6-11/h2-7,10H,8-9H2,1H3. The highest BCUT2D eigenvalue weighted by molar-refractivity contribution is 5.50. The maximum atomic E-state index is 10.00. The first kappa shape index (κ1) is 9.93. The van der Waals surface area contributed by atoms with Crippen molar-refractivity contribution in [1.29, 1.82) is 0 Å². The van der Waals surface area contributed by atoms with Crippen molar-refractivity contribution < 1.29 is 9.53 Å². The Morgan fingerprint density at radius 1 is 1.38 bits per heavy atom. The average molecular weight is 178 g/mol. The first-order chi connectivity index (χ1) is 6.34. The maximum absolute atomic E-state index is 10.00. The lowest BCUT2D eigenvalue weighted by Gasteiger charge is -2.10. The summed E-state index contributed by atoms with van der Waals surface area (Å²) in [5, 5.41) is 0. The summed E-state index contributed by atoms with van der Waals surface area (Å²) in [6.07, 6.45) is 0.776. The van der Waals surface area contributed by atoms with Gasteiger partial charge in [0.1, 0.15) is 12.9 Å². The molecule has 0 aromatic heterocycles. The van der Waals surface area contributed by atoms with E-state index in [9.17, 15) is 4.79 Å². The highest BCUT2D eigenvalue weighted by Gasteiger charge is 2.03. The number of hydrogen-bond donors (Lipinski definition) is 0. The van der Waals surface area contributed by atoms with Crippen LogP contribution in [0.2, 0.25) is 0 Å². The highest BCUT2D eigenvalue weighted by Crippen LogP contribution is 2.14. The molecule has 70 valence electrons. The van der Waals surface area contributed by atoms with E-state index in [-0.39, 0.29) is 6.61 Å². The van der Waals surface area contributed by atoms with E-state index in [4.69, 9.17) is 4.74 Å². The van der Waals surface area contributed by atoms with Crippen LogP contribution in [0.5, 0.6) is 0 Å². The third-order valence-electron chi connectivity index (χ3n) is 1.92. The molecule has 0 N–H and O–H groups in total. The van der Waals surface area contributed by atoms with E-state index in [2.05, 4.69) is 19.1 Å². The Bertz CT molecular complexity index is 244. The molecule has 0 aliphatic rings. The molecule has 0 fully saturated rings. The molecule has 1 aromatic carbocycles. The van der Waals surface area contributed by atoms with Crippen LogP contribution in [0.25, 0.3) is 0 Å². The Hall–Kier alpha value is -1.15. The van der Waals surface area contributed by atoms with E-state index in [0.717, 1.165) is 6.29 Å². The van der Waals surface area contributed by atoms with Gasteiger partial charge in [-0.05, 0) is 5.56 Å². The minimum absolute atomic E-state index is 0.192. The Morgan fingerprint density at radius 3 is 2.69 bits per heavy atom. The van der Waals surface area contributed by atoms with Gasteiger partial charge >= 0.3 is 0 Å². The first-order valence-electron chi connectivity index (χ1n) is 4.41. The number of aldehydes is 1. The largest absolute Gasteiger partial charge is 0.373 e. The van der Waals surface area contributed by atoms with Gasteiger partial charge in [-0.25, -0.2) is 0 Å². The molecule has 0 spiro atoms. The Morgan fingerprint density at radius 2 is 2.08 bits per heavy atom. The molecule has 0 heterocycles. The summed E-state index contributed by atoms with van der Waals surface area (Å²) >= 11 is 0. The zero-order valence-corrected chi connectivity index (χ0v) is 7.77. The molecule has 0 radical (unpaired) electrons. The topological polar surface area (TPSA) is 26.3 Å². The quantitative estimate of drug-likeness (QED) is 0.509. The number of hydrogen-bond acceptors (Lipinski definition) is 2. The van der Waals surface area contributed by atoms with Crippen LogP contribution in [0.15, 0.2) is 30.3 Å². The summed E-state index contributed by atoms with van der Waals surface area (Å²) in [5.41, 5.74) is 1.24.